The lowest BCUT2D eigenvalue weighted by Gasteiger charge is -2.07. The van der Waals surface area contributed by atoms with Gasteiger partial charge in [0, 0.05) is 11.9 Å². The van der Waals surface area contributed by atoms with Gasteiger partial charge in [0.2, 0.25) is 5.91 Å². The van der Waals surface area contributed by atoms with Crippen LogP contribution in [-0.4, -0.2) is 17.8 Å². The highest BCUT2D eigenvalue weighted by atomic mass is 79.9. The molecule has 0 fully saturated rings. The molecule has 0 atom stereocenters. The summed E-state index contributed by atoms with van der Waals surface area (Å²) in [5, 5.41) is 3.84. The predicted molar refractivity (Wildman–Crippen MR) is 71.0 cm³/mol. The summed E-state index contributed by atoms with van der Waals surface area (Å²) in [6.07, 6.45) is 1.45. The molecule has 0 saturated heterocycles. The lowest BCUT2D eigenvalue weighted by Crippen LogP contribution is -2.26. The Labute approximate surface area is 106 Å². The maximum Gasteiger partial charge on any atom is 0.224 e. The molecule has 0 radical (unpaired) electrons. The van der Waals surface area contributed by atoms with Crippen LogP contribution in [0.2, 0.25) is 0 Å². The van der Waals surface area contributed by atoms with E-state index in [1.807, 2.05) is 13.8 Å². The van der Waals surface area contributed by atoms with Crippen LogP contribution in [-0.2, 0) is 11.2 Å². The molecule has 1 aromatic rings. The molecule has 0 aliphatic heterocycles. The lowest BCUT2D eigenvalue weighted by molar-refractivity contribution is -0.120. The summed E-state index contributed by atoms with van der Waals surface area (Å²) in [5.41, 5.74) is 3.51. The molecule has 16 heavy (non-hydrogen) atoms. The highest BCUT2D eigenvalue weighted by Crippen LogP contribution is 2.11. The summed E-state index contributed by atoms with van der Waals surface area (Å²) in [5.74, 6) is 0.106. The zero-order chi connectivity index (χ0) is 12.0. The molecule has 0 aliphatic carbocycles. The van der Waals surface area contributed by atoms with Crippen molar-refractivity contribution in [2.45, 2.75) is 26.7 Å². The maximum atomic E-state index is 11.6. The molecule has 88 valence electrons. The molecule has 2 nitrogen and oxygen atoms in total. The van der Waals surface area contributed by atoms with Crippen molar-refractivity contribution in [3.63, 3.8) is 0 Å². The number of benzene rings is 1. The summed E-state index contributed by atoms with van der Waals surface area (Å²) < 4.78 is 0. The van der Waals surface area contributed by atoms with E-state index >= 15 is 0 Å². The van der Waals surface area contributed by atoms with Gasteiger partial charge in [-0.3, -0.25) is 4.79 Å². The van der Waals surface area contributed by atoms with Crippen molar-refractivity contribution in [1.29, 1.82) is 0 Å². The van der Waals surface area contributed by atoms with E-state index in [4.69, 9.17) is 0 Å². The van der Waals surface area contributed by atoms with Gasteiger partial charge in [-0.1, -0.05) is 39.7 Å². The SMILES string of the molecule is Cc1ccc(C)c(CC(=O)NCCCBr)c1. The van der Waals surface area contributed by atoms with Crippen molar-refractivity contribution in [2.75, 3.05) is 11.9 Å². The first-order valence-electron chi connectivity index (χ1n) is 5.52. The van der Waals surface area contributed by atoms with E-state index in [1.165, 1.54) is 11.1 Å². The quantitative estimate of drug-likeness (QED) is 0.654. The van der Waals surface area contributed by atoms with Gasteiger partial charge in [-0.05, 0) is 31.4 Å². The molecular weight excluding hydrogens is 266 g/mol. The summed E-state index contributed by atoms with van der Waals surface area (Å²) >= 11 is 3.34. The van der Waals surface area contributed by atoms with Crippen LogP contribution >= 0.6 is 15.9 Å². The fraction of sp³-hybridized carbons (Fsp3) is 0.462. The average Bonchev–Trinajstić information content (AvgIpc) is 2.24. The monoisotopic (exact) mass is 283 g/mol. The Bertz CT molecular complexity index is 363. The van der Waals surface area contributed by atoms with E-state index in [1.54, 1.807) is 0 Å². The van der Waals surface area contributed by atoms with Gasteiger partial charge in [0.25, 0.3) is 0 Å². The number of carbonyl (C=O) groups is 1. The molecule has 1 aromatic carbocycles. The van der Waals surface area contributed by atoms with E-state index < -0.39 is 0 Å². The fourth-order valence-corrected chi connectivity index (χ4v) is 1.80. The van der Waals surface area contributed by atoms with Gasteiger partial charge < -0.3 is 5.32 Å². The Morgan fingerprint density at radius 2 is 2.12 bits per heavy atom. The Morgan fingerprint density at radius 3 is 2.81 bits per heavy atom. The summed E-state index contributed by atoms with van der Waals surface area (Å²) in [6.45, 7) is 4.83. The van der Waals surface area contributed by atoms with Crippen LogP contribution in [0.3, 0.4) is 0 Å². The second kappa shape index (κ2) is 6.69. The Balaban J connectivity index is 2.52. The highest BCUT2D eigenvalue weighted by molar-refractivity contribution is 9.09. The zero-order valence-corrected chi connectivity index (χ0v) is 11.4. The van der Waals surface area contributed by atoms with Gasteiger partial charge in [-0.2, -0.15) is 0 Å². The lowest BCUT2D eigenvalue weighted by atomic mass is 10.0. The van der Waals surface area contributed by atoms with Crippen molar-refractivity contribution >= 4 is 21.8 Å². The second-order valence-electron chi connectivity index (χ2n) is 4.00. The first-order valence-corrected chi connectivity index (χ1v) is 6.64. The molecule has 3 heteroatoms. The Morgan fingerprint density at radius 1 is 1.38 bits per heavy atom. The predicted octanol–water partition coefficient (Wildman–Crippen LogP) is 2.75. The smallest absolute Gasteiger partial charge is 0.224 e. The summed E-state index contributed by atoms with van der Waals surface area (Å²) in [6, 6.07) is 6.22. The number of halogens is 1. The molecular formula is C13H18BrNO. The minimum Gasteiger partial charge on any atom is -0.356 e. The van der Waals surface area contributed by atoms with Crippen molar-refractivity contribution in [3.05, 3.63) is 34.9 Å². The third-order valence-corrected chi connectivity index (χ3v) is 3.05. The topological polar surface area (TPSA) is 29.1 Å². The number of alkyl halides is 1. The molecule has 0 unspecified atom stereocenters. The van der Waals surface area contributed by atoms with Crippen molar-refractivity contribution < 1.29 is 4.79 Å². The van der Waals surface area contributed by atoms with Gasteiger partial charge in [-0.15, -0.1) is 0 Å². The molecule has 1 N–H and O–H groups in total. The third-order valence-electron chi connectivity index (χ3n) is 2.49. The Hall–Kier alpha value is -0.830. The zero-order valence-electron chi connectivity index (χ0n) is 9.85. The van der Waals surface area contributed by atoms with E-state index in [0.29, 0.717) is 6.42 Å². The van der Waals surface area contributed by atoms with E-state index in [-0.39, 0.29) is 5.91 Å². The number of amides is 1. The van der Waals surface area contributed by atoms with Crippen LogP contribution in [0.4, 0.5) is 0 Å². The summed E-state index contributed by atoms with van der Waals surface area (Å²) in [4.78, 5) is 11.6. The van der Waals surface area contributed by atoms with E-state index in [9.17, 15) is 4.79 Å². The highest BCUT2D eigenvalue weighted by Gasteiger charge is 2.05. The molecule has 0 bridgehead atoms. The van der Waals surface area contributed by atoms with Crippen LogP contribution in [0.5, 0.6) is 0 Å². The fourth-order valence-electron chi connectivity index (χ4n) is 1.52. The number of hydrogen-bond acceptors (Lipinski definition) is 1. The van der Waals surface area contributed by atoms with Crippen molar-refractivity contribution in [3.8, 4) is 0 Å². The second-order valence-corrected chi connectivity index (χ2v) is 4.79. The molecule has 0 aliphatic rings. The van der Waals surface area contributed by atoms with Crippen molar-refractivity contribution in [2.24, 2.45) is 0 Å². The average molecular weight is 284 g/mol. The molecule has 0 aromatic heterocycles. The van der Waals surface area contributed by atoms with Gasteiger partial charge in [0.1, 0.15) is 0 Å². The largest absolute Gasteiger partial charge is 0.356 e. The number of hydrogen-bond donors (Lipinski definition) is 1. The van der Waals surface area contributed by atoms with Crippen molar-refractivity contribution in [1.82, 2.24) is 5.32 Å². The first-order chi connectivity index (χ1) is 7.63. The number of rotatable bonds is 5. The number of aryl methyl sites for hydroxylation is 2. The van der Waals surface area contributed by atoms with E-state index in [0.717, 1.165) is 23.9 Å². The summed E-state index contributed by atoms with van der Waals surface area (Å²) in [7, 11) is 0. The molecule has 1 rings (SSSR count). The molecule has 1 amide bonds. The van der Waals surface area contributed by atoms with Crippen LogP contribution in [0, 0.1) is 13.8 Å². The number of carbonyl (C=O) groups excluding carboxylic acids is 1. The minimum atomic E-state index is 0.106. The standard InChI is InChI=1S/C13H18BrNO/c1-10-4-5-11(2)12(8-10)9-13(16)15-7-3-6-14/h4-5,8H,3,6-7,9H2,1-2H3,(H,15,16). The molecule has 0 saturated carbocycles. The third kappa shape index (κ3) is 4.35. The minimum absolute atomic E-state index is 0.106. The first kappa shape index (κ1) is 13.2. The molecule has 0 heterocycles. The number of nitrogens with one attached hydrogen (secondary N) is 1. The van der Waals surface area contributed by atoms with Gasteiger partial charge in [0.05, 0.1) is 6.42 Å². The van der Waals surface area contributed by atoms with Crippen LogP contribution in [0.1, 0.15) is 23.1 Å². The van der Waals surface area contributed by atoms with Gasteiger partial charge in [-0.25, -0.2) is 0 Å². The maximum absolute atomic E-state index is 11.6. The molecule has 0 spiro atoms. The van der Waals surface area contributed by atoms with Gasteiger partial charge >= 0.3 is 0 Å². The Kier molecular flexibility index (Phi) is 5.53. The van der Waals surface area contributed by atoms with Gasteiger partial charge in [0.15, 0.2) is 0 Å². The van der Waals surface area contributed by atoms with E-state index in [2.05, 4.69) is 39.4 Å². The van der Waals surface area contributed by atoms with Crippen LogP contribution < -0.4 is 5.32 Å². The normalized spacial score (nSPS) is 10.2. The van der Waals surface area contributed by atoms with Crippen LogP contribution in [0.15, 0.2) is 18.2 Å². The van der Waals surface area contributed by atoms with Crippen LogP contribution in [0.25, 0.3) is 0 Å².